The van der Waals surface area contributed by atoms with E-state index in [4.69, 9.17) is 16.0 Å². The second-order valence-electron chi connectivity index (χ2n) is 3.09. The summed E-state index contributed by atoms with van der Waals surface area (Å²) in [6, 6.07) is 7.47. The number of fused-ring (bicyclic) bond motifs is 1. The SMILES string of the molecule is O=COCCc1cc2cccc(Cl)c2o1. The Kier molecular flexibility index (Phi) is 2.92. The molecule has 3 nitrogen and oxygen atoms in total. The monoisotopic (exact) mass is 224 g/mol. The van der Waals surface area contributed by atoms with E-state index in [1.165, 1.54) is 0 Å². The van der Waals surface area contributed by atoms with Gasteiger partial charge in [0.1, 0.15) is 5.76 Å². The van der Waals surface area contributed by atoms with Crippen molar-refractivity contribution in [3.63, 3.8) is 0 Å². The molecule has 0 fully saturated rings. The van der Waals surface area contributed by atoms with E-state index in [1.54, 1.807) is 6.07 Å². The molecule has 2 rings (SSSR count). The molecule has 0 amide bonds. The van der Waals surface area contributed by atoms with E-state index in [1.807, 2.05) is 18.2 Å². The molecule has 0 N–H and O–H groups in total. The van der Waals surface area contributed by atoms with Crippen molar-refractivity contribution in [3.8, 4) is 0 Å². The van der Waals surface area contributed by atoms with Crippen LogP contribution in [0.25, 0.3) is 11.0 Å². The highest BCUT2D eigenvalue weighted by atomic mass is 35.5. The van der Waals surface area contributed by atoms with Gasteiger partial charge in [-0.1, -0.05) is 23.7 Å². The minimum atomic E-state index is 0.320. The molecule has 1 heterocycles. The number of hydrogen-bond acceptors (Lipinski definition) is 3. The Bertz CT molecular complexity index is 476. The largest absolute Gasteiger partial charge is 0.467 e. The highest BCUT2D eigenvalue weighted by Crippen LogP contribution is 2.26. The molecule has 0 spiro atoms. The van der Waals surface area contributed by atoms with E-state index in [0.29, 0.717) is 30.1 Å². The van der Waals surface area contributed by atoms with Crippen LogP contribution < -0.4 is 0 Å². The highest BCUT2D eigenvalue weighted by molar-refractivity contribution is 6.34. The van der Waals surface area contributed by atoms with Gasteiger partial charge in [-0.25, -0.2) is 0 Å². The molecule has 1 aromatic heterocycles. The Morgan fingerprint density at radius 2 is 2.33 bits per heavy atom. The predicted molar refractivity (Wildman–Crippen MR) is 56.9 cm³/mol. The quantitative estimate of drug-likeness (QED) is 0.592. The summed E-state index contributed by atoms with van der Waals surface area (Å²) in [4.78, 5) is 9.95. The van der Waals surface area contributed by atoms with Crippen molar-refractivity contribution in [2.45, 2.75) is 6.42 Å². The van der Waals surface area contributed by atoms with Crippen molar-refractivity contribution in [2.75, 3.05) is 6.61 Å². The summed E-state index contributed by atoms with van der Waals surface area (Å²) in [5.41, 5.74) is 0.681. The number of ether oxygens (including phenoxy) is 1. The molecule has 2 aromatic rings. The van der Waals surface area contributed by atoms with Crippen molar-refractivity contribution in [1.29, 1.82) is 0 Å². The van der Waals surface area contributed by atoms with Crippen LogP contribution in [0.15, 0.2) is 28.7 Å². The Labute approximate surface area is 91.6 Å². The Morgan fingerprint density at radius 3 is 3.07 bits per heavy atom. The van der Waals surface area contributed by atoms with E-state index in [9.17, 15) is 4.79 Å². The van der Waals surface area contributed by atoms with E-state index in [2.05, 4.69) is 4.74 Å². The molecule has 4 heteroatoms. The normalized spacial score (nSPS) is 10.5. The van der Waals surface area contributed by atoms with Crippen LogP contribution in [0.3, 0.4) is 0 Å². The van der Waals surface area contributed by atoms with Gasteiger partial charge in [-0.05, 0) is 12.1 Å². The van der Waals surface area contributed by atoms with E-state index in [0.717, 1.165) is 11.1 Å². The third kappa shape index (κ3) is 2.13. The van der Waals surface area contributed by atoms with Crippen molar-refractivity contribution in [3.05, 3.63) is 35.0 Å². The van der Waals surface area contributed by atoms with Gasteiger partial charge in [-0.3, -0.25) is 4.79 Å². The smallest absolute Gasteiger partial charge is 0.293 e. The molecule has 0 radical (unpaired) electrons. The van der Waals surface area contributed by atoms with Gasteiger partial charge in [0, 0.05) is 11.8 Å². The molecule has 0 aliphatic carbocycles. The molecule has 78 valence electrons. The van der Waals surface area contributed by atoms with Crippen LogP contribution in [0.5, 0.6) is 0 Å². The summed E-state index contributed by atoms with van der Waals surface area (Å²) in [5.74, 6) is 0.764. The van der Waals surface area contributed by atoms with E-state index < -0.39 is 0 Å². The maximum Gasteiger partial charge on any atom is 0.293 e. The number of halogens is 1. The van der Waals surface area contributed by atoms with Gasteiger partial charge in [0.2, 0.25) is 0 Å². The molecule has 0 aliphatic rings. The van der Waals surface area contributed by atoms with Crippen molar-refractivity contribution >= 4 is 29.0 Å². The lowest BCUT2D eigenvalue weighted by Crippen LogP contribution is -1.94. The zero-order chi connectivity index (χ0) is 10.7. The van der Waals surface area contributed by atoms with Gasteiger partial charge in [0.15, 0.2) is 5.58 Å². The number of hydrogen-bond donors (Lipinski definition) is 0. The number of rotatable bonds is 4. The first-order chi connectivity index (χ1) is 7.31. The van der Waals surface area contributed by atoms with Crippen LogP contribution in [-0.2, 0) is 16.0 Å². The van der Waals surface area contributed by atoms with Gasteiger partial charge >= 0.3 is 0 Å². The molecular formula is C11H9ClO3. The third-order valence-electron chi connectivity index (χ3n) is 2.08. The number of para-hydroxylation sites is 1. The fourth-order valence-corrected chi connectivity index (χ4v) is 1.63. The molecule has 0 saturated heterocycles. The molecule has 1 aromatic carbocycles. The van der Waals surface area contributed by atoms with Crippen molar-refractivity contribution in [2.24, 2.45) is 0 Å². The fraction of sp³-hybridized carbons (Fsp3) is 0.182. The van der Waals surface area contributed by atoms with Crippen LogP contribution in [-0.4, -0.2) is 13.1 Å². The summed E-state index contributed by atoms with van der Waals surface area (Å²) < 4.78 is 10.1. The van der Waals surface area contributed by atoms with Gasteiger partial charge in [0.25, 0.3) is 6.47 Å². The summed E-state index contributed by atoms with van der Waals surface area (Å²) in [6.07, 6.45) is 0.559. The lowest BCUT2D eigenvalue weighted by atomic mass is 10.2. The second kappa shape index (κ2) is 4.36. The predicted octanol–water partition coefficient (Wildman–Crippen LogP) is 2.80. The first-order valence-corrected chi connectivity index (χ1v) is 4.91. The molecule has 0 atom stereocenters. The summed E-state index contributed by atoms with van der Waals surface area (Å²) in [6.45, 7) is 0.747. The first kappa shape index (κ1) is 10.1. The van der Waals surface area contributed by atoms with E-state index >= 15 is 0 Å². The zero-order valence-electron chi connectivity index (χ0n) is 7.90. The maximum atomic E-state index is 9.95. The molecular weight excluding hydrogens is 216 g/mol. The van der Waals surface area contributed by atoms with Gasteiger partial charge in [-0.2, -0.15) is 0 Å². The third-order valence-corrected chi connectivity index (χ3v) is 2.38. The van der Waals surface area contributed by atoms with E-state index in [-0.39, 0.29) is 0 Å². The van der Waals surface area contributed by atoms with Crippen LogP contribution in [0.1, 0.15) is 5.76 Å². The highest BCUT2D eigenvalue weighted by Gasteiger charge is 2.06. The van der Waals surface area contributed by atoms with Crippen LogP contribution in [0.2, 0.25) is 5.02 Å². The minimum absolute atomic E-state index is 0.320. The number of benzene rings is 1. The summed E-state index contributed by atoms with van der Waals surface area (Å²) in [7, 11) is 0. The summed E-state index contributed by atoms with van der Waals surface area (Å²) in [5, 5.41) is 1.55. The number of carbonyl (C=O) groups is 1. The fourth-order valence-electron chi connectivity index (χ4n) is 1.41. The molecule has 0 bridgehead atoms. The molecule has 0 saturated carbocycles. The first-order valence-electron chi connectivity index (χ1n) is 4.53. The van der Waals surface area contributed by atoms with Crippen molar-refractivity contribution in [1.82, 2.24) is 0 Å². The molecule has 0 aliphatic heterocycles. The lowest BCUT2D eigenvalue weighted by Gasteiger charge is -1.94. The standard InChI is InChI=1S/C11H9ClO3/c12-10-3-1-2-8-6-9(15-11(8)10)4-5-14-7-13/h1-3,6-7H,4-5H2. The van der Waals surface area contributed by atoms with Crippen LogP contribution >= 0.6 is 11.6 Å². The molecule has 15 heavy (non-hydrogen) atoms. The van der Waals surface area contributed by atoms with Gasteiger partial charge in [0.05, 0.1) is 11.6 Å². The average Bonchev–Trinajstić information content (AvgIpc) is 2.63. The van der Waals surface area contributed by atoms with Crippen LogP contribution in [0.4, 0.5) is 0 Å². The Balaban J connectivity index is 2.23. The minimum Gasteiger partial charge on any atom is -0.467 e. The van der Waals surface area contributed by atoms with Crippen LogP contribution in [0, 0.1) is 0 Å². The lowest BCUT2D eigenvalue weighted by molar-refractivity contribution is -0.128. The Hall–Kier alpha value is -1.48. The van der Waals surface area contributed by atoms with Gasteiger partial charge in [-0.15, -0.1) is 0 Å². The zero-order valence-corrected chi connectivity index (χ0v) is 8.66. The number of carbonyl (C=O) groups excluding carboxylic acids is 1. The topological polar surface area (TPSA) is 39.4 Å². The Morgan fingerprint density at radius 1 is 1.47 bits per heavy atom. The number of furan rings is 1. The molecule has 0 unspecified atom stereocenters. The summed E-state index contributed by atoms with van der Waals surface area (Å²) >= 11 is 5.95. The average molecular weight is 225 g/mol. The van der Waals surface area contributed by atoms with Crippen molar-refractivity contribution < 1.29 is 13.9 Å². The van der Waals surface area contributed by atoms with Gasteiger partial charge < -0.3 is 9.15 Å². The maximum absolute atomic E-state index is 9.95. The second-order valence-corrected chi connectivity index (χ2v) is 3.50.